The molecule has 0 saturated carbocycles. The lowest BCUT2D eigenvalue weighted by atomic mass is 9.92. The van der Waals surface area contributed by atoms with Crippen molar-refractivity contribution in [2.24, 2.45) is 0 Å². The van der Waals surface area contributed by atoms with Crippen LogP contribution in [-0.4, -0.2) is 0 Å². The molecule has 0 amide bonds. The summed E-state index contributed by atoms with van der Waals surface area (Å²) in [5.74, 6) is 0.553. The highest BCUT2D eigenvalue weighted by atomic mass is 35.5. The van der Waals surface area contributed by atoms with Crippen molar-refractivity contribution in [2.75, 3.05) is 0 Å². The standard InChI is InChI=1S/C29H25Cl/c30-20-28-11-10-27-17-25-7-2-6-23(15-25)13-21-4-1-5-22(12-21)14-24-8-3-9-26(16-24)18-29(28)19-27/h1-12,15-16,19H,13-14,17-18,20H2. The first-order chi connectivity index (χ1) is 14.7. The Balaban J connectivity index is 1.62. The van der Waals surface area contributed by atoms with E-state index in [-0.39, 0.29) is 0 Å². The Bertz CT molecular complexity index is 1190. The highest BCUT2D eigenvalue weighted by Gasteiger charge is 2.09. The molecule has 0 N–H and O–H groups in total. The van der Waals surface area contributed by atoms with Crippen LogP contribution >= 0.6 is 11.6 Å². The number of fused-ring (bicyclic) bond motifs is 8. The molecule has 30 heavy (non-hydrogen) atoms. The Hall–Kier alpha value is -2.83. The van der Waals surface area contributed by atoms with Gasteiger partial charge in [-0.15, -0.1) is 11.6 Å². The van der Waals surface area contributed by atoms with Gasteiger partial charge in [-0.1, -0.05) is 91.0 Å². The molecule has 0 saturated heterocycles. The van der Waals surface area contributed by atoms with Crippen molar-refractivity contribution in [3.8, 4) is 0 Å². The predicted octanol–water partition coefficient (Wildman–Crippen LogP) is 7.10. The van der Waals surface area contributed by atoms with Crippen LogP contribution in [0.25, 0.3) is 0 Å². The molecule has 0 fully saturated rings. The van der Waals surface area contributed by atoms with Gasteiger partial charge in [0.1, 0.15) is 0 Å². The lowest BCUT2D eigenvalue weighted by Crippen LogP contribution is -2.00. The summed E-state index contributed by atoms with van der Waals surface area (Å²) in [4.78, 5) is 0. The fourth-order valence-corrected chi connectivity index (χ4v) is 4.82. The maximum atomic E-state index is 6.28. The predicted molar refractivity (Wildman–Crippen MR) is 127 cm³/mol. The zero-order valence-corrected chi connectivity index (χ0v) is 17.8. The summed E-state index contributed by atoms with van der Waals surface area (Å²) in [5, 5.41) is 0. The van der Waals surface area contributed by atoms with Crippen molar-refractivity contribution >= 4 is 11.6 Å². The molecule has 0 atom stereocenters. The van der Waals surface area contributed by atoms with E-state index in [1.807, 2.05) is 0 Å². The minimum absolute atomic E-state index is 0.553. The maximum Gasteiger partial charge on any atom is 0.0476 e. The van der Waals surface area contributed by atoms with E-state index in [1.54, 1.807) is 0 Å². The molecule has 0 nitrogen and oxygen atoms in total. The van der Waals surface area contributed by atoms with E-state index in [0.717, 1.165) is 25.7 Å². The Labute approximate surface area is 184 Å². The number of halogens is 1. The van der Waals surface area contributed by atoms with Crippen molar-refractivity contribution < 1.29 is 0 Å². The zero-order chi connectivity index (χ0) is 20.3. The van der Waals surface area contributed by atoms with Crippen LogP contribution in [0.1, 0.15) is 50.1 Å². The van der Waals surface area contributed by atoms with Crippen LogP contribution in [0.3, 0.4) is 0 Å². The molecule has 5 rings (SSSR count). The van der Waals surface area contributed by atoms with Crippen molar-refractivity contribution in [1.82, 2.24) is 0 Å². The number of alkyl halides is 1. The maximum absolute atomic E-state index is 6.28. The number of hydrogen-bond donors (Lipinski definition) is 0. The third-order valence-corrected chi connectivity index (χ3v) is 6.30. The fraction of sp³-hybridized carbons (Fsp3) is 0.172. The fourth-order valence-electron chi connectivity index (χ4n) is 4.56. The average Bonchev–Trinajstić information content (AvgIpc) is 2.74. The molecule has 4 aromatic rings. The molecule has 0 spiro atoms. The summed E-state index contributed by atoms with van der Waals surface area (Å²) >= 11 is 6.28. The highest BCUT2D eigenvalue weighted by Crippen LogP contribution is 2.23. The molecule has 1 aliphatic carbocycles. The first-order valence-electron chi connectivity index (χ1n) is 10.7. The lowest BCUT2D eigenvalue weighted by molar-refractivity contribution is 1.08. The molecule has 0 aliphatic heterocycles. The molecule has 8 bridgehead atoms. The first-order valence-corrected chi connectivity index (χ1v) is 11.2. The molecule has 0 aromatic heterocycles. The monoisotopic (exact) mass is 408 g/mol. The number of hydrogen-bond acceptors (Lipinski definition) is 0. The Morgan fingerprint density at radius 1 is 0.467 bits per heavy atom. The Morgan fingerprint density at radius 3 is 1.30 bits per heavy atom. The second kappa shape index (κ2) is 8.50. The lowest BCUT2D eigenvalue weighted by Gasteiger charge is -2.13. The molecule has 0 heterocycles. The highest BCUT2D eigenvalue weighted by molar-refractivity contribution is 6.17. The zero-order valence-electron chi connectivity index (χ0n) is 17.1. The van der Waals surface area contributed by atoms with E-state index >= 15 is 0 Å². The summed E-state index contributed by atoms with van der Waals surface area (Å²) in [6.45, 7) is 0. The molecular formula is C29H25Cl. The summed E-state index contributed by atoms with van der Waals surface area (Å²) in [6, 6.07) is 33.9. The van der Waals surface area contributed by atoms with Gasteiger partial charge in [0.25, 0.3) is 0 Å². The average molecular weight is 409 g/mol. The molecule has 0 radical (unpaired) electrons. The number of benzene rings is 4. The molecule has 0 unspecified atom stereocenters. The minimum Gasteiger partial charge on any atom is -0.122 e. The van der Waals surface area contributed by atoms with Gasteiger partial charge in [0, 0.05) is 5.88 Å². The van der Waals surface area contributed by atoms with Crippen LogP contribution in [0, 0.1) is 0 Å². The summed E-state index contributed by atoms with van der Waals surface area (Å²) < 4.78 is 0. The third-order valence-electron chi connectivity index (χ3n) is 6.01. The van der Waals surface area contributed by atoms with Crippen molar-refractivity contribution in [3.05, 3.63) is 141 Å². The SMILES string of the molecule is ClCc1ccc2cc1Cc1cccc(c1)Cc1cccc(c1)Cc1cccc(c1)C2. The van der Waals surface area contributed by atoms with Crippen molar-refractivity contribution in [3.63, 3.8) is 0 Å². The van der Waals surface area contributed by atoms with E-state index in [1.165, 1.54) is 50.1 Å². The molecule has 1 aliphatic rings. The first kappa shape index (κ1) is 19.2. The van der Waals surface area contributed by atoms with Crippen molar-refractivity contribution in [2.45, 2.75) is 31.6 Å². The van der Waals surface area contributed by atoms with Gasteiger partial charge < -0.3 is 0 Å². The van der Waals surface area contributed by atoms with Gasteiger partial charge in [0.15, 0.2) is 0 Å². The largest absolute Gasteiger partial charge is 0.122 e. The quantitative estimate of drug-likeness (QED) is 0.259. The van der Waals surface area contributed by atoms with Gasteiger partial charge in [-0.3, -0.25) is 0 Å². The van der Waals surface area contributed by atoms with Crippen LogP contribution in [0.2, 0.25) is 0 Å². The van der Waals surface area contributed by atoms with Gasteiger partial charge in [0.05, 0.1) is 0 Å². The summed E-state index contributed by atoms with van der Waals surface area (Å²) in [6.07, 6.45) is 3.80. The normalized spacial score (nSPS) is 13.1. The second-order valence-corrected chi connectivity index (χ2v) is 8.67. The van der Waals surface area contributed by atoms with E-state index < -0.39 is 0 Å². The Kier molecular flexibility index (Phi) is 5.43. The third kappa shape index (κ3) is 4.35. The van der Waals surface area contributed by atoms with Gasteiger partial charge in [0.2, 0.25) is 0 Å². The molecule has 148 valence electrons. The van der Waals surface area contributed by atoms with E-state index in [0.29, 0.717) is 5.88 Å². The smallest absolute Gasteiger partial charge is 0.0476 e. The topological polar surface area (TPSA) is 0 Å². The van der Waals surface area contributed by atoms with Crippen LogP contribution in [-0.2, 0) is 31.6 Å². The van der Waals surface area contributed by atoms with Crippen LogP contribution in [0.4, 0.5) is 0 Å². The molecule has 4 aromatic carbocycles. The summed E-state index contributed by atoms with van der Waals surface area (Å²) in [5.41, 5.74) is 12.1. The van der Waals surface area contributed by atoms with Gasteiger partial charge in [-0.2, -0.15) is 0 Å². The van der Waals surface area contributed by atoms with Gasteiger partial charge in [-0.25, -0.2) is 0 Å². The van der Waals surface area contributed by atoms with Gasteiger partial charge in [-0.05, 0) is 75.8 Å². The summed E-state index contributed by atoms with van der Waals surface area (Å²) in [7, 11) is 0. The van der Waals surface area contributed by atoms with E-state index in [4.69, 9.17) is 11.6 Å². The van der Waals surface area contributed by atoms with Crippen molar-refractivity contribution in [1.29, 1.82) is 0 Å². The Morgan fingerprint density at radius 2 is 0.867 bits per heavy atom. The second-order valence-electron chi connectivity index (χ2n) is 8.40. The van der Waals surface area contributed by atoms with E-state index in [9.17, 15) is 0 Å². The van der Waals surface area contributed by atoms with Crippen LogP contribution in [0.5, 0.6) is 0 Å². The minimum atomic E-state index is 0.553. The number of rotatable bonds is 1. The van der Waals surface area contributed by atoms with Crippen LogP contribution in [0.15, 0.2) is 91.0 Å². The molecular weight excluding hydrogens is 384 g/mol. The molecule has 1 heteroatoms. The van der Waals surface area contributed by atoms with Gasteiger partial charge >= 0.3 is 0 Å². The van der Waals surface area contributed by atoms with Crippen LogP contribution < -0.4 is 0 Å². The van der Waals surface area contributed by atoms with E-state index in [2.05, 4.69) is 91.0 Å².